The molecule has 134 valence electrons. The van der Waals surface area contributed by atoms with Gasteiger partial charge in [-0.25, -0.2) is 8.42 Å². The lowest BCUT2D eigenvalue weighted by Crippen LogP contribution is -2.54. The Morgan fingerprint density at radius 3 is 2.39 bits per heavy atom. The monoisotopic (exact) mass is 348 g/mol. The van der Waals surface area contributed by atoms with Gasteiger partial charge in [-0.05, 0) is 25.3 Å². The average molecular weight is 348 g/mol. The number of carbonyl (C=O) groups excluding carboxylic acids is 1. The molecule has 8 heteroatoms. The zero-order chi connectivity index (χ0) is 17.6. The third-order valence-electron chi connectivity index (χ3n) is 3.97. The minimum atomic E-state index is -3.18. The van der Waals surface area contributed by atoms with Crippen molar-refractivity contribution in [1.29, 1.82) is 0 Å². The molecule has 0 heterocycles. The molecule has 0 radical (unpaired) electrons. The van der Waals surface area contributed by atoms with Crippen molar-refractivity contribution in [1.82, 2.24) is 10.2 Å². The fourth-order valence-electron chi connectivity index (χ4n) is 2.82. The Morgan fingerprint density at radius 2 is 1.91 bits per heavy atom. The van der Waals surface area contributed by atoms with Crippen molar-refractivity contribution >= 4 is 21.7 Å². The molecule has 0 saturated heterocycles. The molecule has 0 bridgehead atoms. The normalized spacial score (nSPS) is 21.3. The summed E-state index contributed by atoms with van der Waals surface area (Å²) in [4.78, 5) is 24.5. The zero-order valence-corrected chi connectivity index (χ0v) is 14.9. The van der Waals surface area contributed by atoms with E-state index in [1.165, 1.54) is 0 Å². The predicted molar refractivity (Wildman–Crippen MR) is 87.9 cm³/mol. The Bertz CT molecular complexity index is 512. The molecule has 7 nitrogen and oxygen atoms in total. The van der Waals surface area contributed by atoms with E-state index in [2.05, 4.69) is 5.32 Å². The lowest BCUT2D eigenvalue weighted by atomic mass is 9.85. The topological polar surface area (TPSA) is 104 Å². The number of aliphatic carboxylic acids is 1. The quantitative estimate of drug-likeness (QED) is 0.596. The number of carboxylic acid groups (broad SMARTS) is 1. The summed E-state index contributed by atoms with van der Waals surface area (Å²) in [5, 5.41) is 11.7. The molecule has 1 amide bonds. The summed E-state index contributed by atoms with van der Waals surface area (Å²) in [5.74, 6) is -1.05. The van der Waals surface area contributed by atoms with Crippen molar-refractivity contribution in [3.05, 3.63) is 0 Å². The number of nitrogens with zero attached hydrogens (tertiary/aromatic N) is 1. The first-order chi connectivity index (χ1) is 10.6. The number of nitrogens with one attached hydrogen (secondary N) is 1. The SMILES string of the molecule is CCN(CC(=O)O)C1CC(NC(=O)CCS(=O)(=O)CC(C)C)C1. The number of hydrogen-bond donors (Lipinski definition) is 2. The summed E-state index contributed by atoms with van der Waals surface area (Å²) in [5.41, 5.74) is 0. The van der Waals surface area contributed by atoms with E-state index in [0.717, 1.165) is 0 Å². The maximum Gasteiger partial charge on any atom is 0.317 e. The fourth-order valence-corrected chi connectivity index (χ4v) is 4.49. The minimum absolute atomic E-state index is 0.00921. The van der Waals surface area contributed by atoms with E-state index in [9.17, 15) is 18.0 Å². The third kappa shape index (κ3) is 7.30. The number of likely N-dealkylation sites (N-methyl/N-ethyl adjacent to an activating group) is 1. The predicted octanol–water partition coefficient (Wildman–Crippen LogP) is 0.501. The van der Waals surface area contributed by atoms with Crippen molar-refractivity contribution in [2.75, 3.05) is 24.6 Å². The van der Waals surface area contributed by atoms with Crippen LogP contribution in [0.3, 0.4) is 0 Å². The van der Waals surface area contributed by atoms with E-state index in [4.69, 9.17) is 5.11 Å². The van der Waals surface area contributed by atoms with Gasteiger partial charge in [0.05, 0.1) is 18.1 Å². The summed E-state index contributed by atoms with van der Waals surface area (Å²) >= 11 is 0. The van der Waals surface area contributed by atoms with Crippen LogP contribution in [0.15, 0.2) is 0 Å². The highest BCUT2D eigenvalue weighted by molar-refractivity contribution is 7.91. The summed E-state index contributed by atoms with van der Waals surface area (Å²) < 4.78 is 23.5. The second kappa shape index (κ2) is 8.63. The van der Waals surface area contributed by atoms with Crippen LogP contribution in [0.5, 0.6) is 0 Å². The maximum atomic E-state index is 11.8. The summed E-state index contributed by atoms with van der Waals surface area (Å²) in [6.45, 7) is 6.25. The Kier molecular flexibility index (Phi) is 7.47. The Morgan fingerprint density at radius 1 is 1.30 bits per heavy atom. The van der Waals surface area contributed by atoms with Crippen LogP contribution in [0.2, 0.25) is 0 Å². The summed E-state index contributed by atoms with van der Waals surface area (Å²) in [7, 11) is -3.18. The van der Waals surface area contributed by atoms with E-state index >= 15 is 0 Å². The average Bonchev–Trinajstić information content (AvgIpc) is 2.36. The molecule has 23 heavy (non-hydrogen) atoms. The van der Waals surface area contributed by atoms with Crippen LogP contribution < -0.4 is 5.32 Å². The van der Waals surface area contributed by atoms with Crippen LogP contribution in [-0.4, -0.2) is 67.0 Å². The Hall–Kier alpha value is -1.15. The van der Waals surface area contributed by atoms with Gasteiger partial charge in [-0.15, -0.1) is 0 Å². The molecule has 0 aromatic heterocycles. The first-order valence-corrected chi connectivity index (χ1v) is 9.90. The van der Waals surface area contributed by atoms with Crippen LogP contribution in [0.25, 0.3) is 0 Å². The number of carbonyl (C=O) groups is 2. The fraction of sp³-hybridized carbons (Fsp3) is 0.867. The van der Waals surface area contributed by atoms with E-state index < -0.39 is 15.8 Å². The highest BCUT2D eigenvalue weighted by atomic mass is 32.2. The Balaban J connectivity index is 2.29. The van der Waals surface area contributed by atoms with Crippen LogP contribution in [0.4, 0.5) is 0 Å². The van der Waals surface area contributed by atoms with Gasteiger partial charge in [0.15, 0.2) is 9.84 Å². The number of hydrogen-bond acceptors (Lipinski definition) is 5. The molecule has 1 aliphatic rings. The van der Waals surface area contributed by atoms with E-state index in [0.29, 0.717) is 19.4 Å². The molecule has 0 atom stereocenters. The lowest BCUT2D eigenvalue weighted by Gasteiger charge is -2.42. The molecule has 0 unspecified atom stereocenters. The molecular weight excluding hydrogens is 320 g/mol. The van der Waals surface area contributed by atoms with Crippen molar-refractivity contribution in [2.24, 2.45) is 5.92 Å². The smallest absolute Gasteiger partial charge is 0.317 e. The van der Waals surface area contributed by atoms with E-state index in [-0.39, 0.29) is 48.4 Å². The highest BCUT2D eigenvalue weighted by Gasteiger charge is 2.34. The first-order valence-electron chi connectivity index (χ1n) is 8.08. The summed E-state index contributed by atoms with van der Waals surface area (Å²) in [6.07, 6.45) is 1.42. The van der Waals surface area contributed by atoms with Gasteiger partial charge in [0.2, 0.25) is 5.91 Å². The standard InChI is InChI=1S/C15H28N2O5S/c1-4-17(9-15(19)20)13-7-12(8-13)16-14(18)5-6-23(21,22)10-11(2)3/h11-13H,4-10H2,1-3H3,(H,16,18)(H,19,20). The molecule has 0 aromatic rings. The van der Waals surface area contributed by atoms with Gasteiger partial charge in [-0.1, -0.05) is 20.8 Å². The summed E-state index contributed by atoms with van der Waals surface area (Å²) in [6, 6.07) is 0.189. The molecular formula is C15H28N2O5S. The van der Waals surface area contributed by atoms with Crippen molar-refractivity contribution in [3.8, 4) is 0 Å². The molecule has 1 saturated carbocycles. The molecule has 0 spiro atoms. The van der Waals surface area contributed by atoms with Gasteiger partial charge in [0.25, 0.3) is 0 Å². The molecule has 0 aliphatic heterocycles. The number of sulfone groups is 1. The van der Waals surface area contributed by atoms with Gasteiger partial charge in [-0.2, -0.15) is 0 Å². The second-order valence-corrected chi connectivity index (χ2v) is 8.83. The third-order valence-corrected chi connectivity index (χ3v) is 5.97. The van der Waals surface area contributed by atoms with Crippen molar-refractivity contribution in [3.63, 3.8) is 0 Å². The van der Waals surface area contributed by atoms with Crippen LogP contribution in [-0.2, 0) is 19.4 Å². The maximum absolute atomic E-state index is 11.8. The number of rotatable bonds is 10. The van der Waals surface area contributed by atoms with Gasteiger partial charge < -0.3 is 10.4 Å². The number of amides is 1. The molecule has 1 fully saturated rings. The van der Waals surface area contributed by atoms with Crippen LogP contribution in [0.1, 0.15) is 40.0 Å². The minimum Gasteiger partial charge on any atom is -0.480 e. The van der Waals surface area contributed by atoms with E-state index in [1.807, 2.05) is 25.7 Å². The number of carboxylic acids is 1. The molecule has 0 aromatic carbocycles. The molecule has 2 N–H and O–H groups in total. The lowest BCUT2D eigenvalue weighted by molar-refractivity contribution is -0.139. The van der Waals surface area contributed by atoms with Gasteiger partial charge in [0, 0.05) is 18.5 Å². The van der Waals surface area contributed by atoms with Crippen molar-refractivity contribution in [2.45, 2.75) is 52.1 Å². The first kappa shape index (κ1) is 19.9. The molecule has 1 aliphatic carbocycles. The van der Waals surface area contributed by atoms with Crippen LogP contribution in [0, 0.1) is 5.92 Å². The highest BCUT2D eigenvalue weighted by Crippen LogP contribution is 2.25. The van der Waals surface area contributed by atoms with Gasteiger partial charge in [-0.3, -0.25) is 14.5 Å². The van der Waals surface area contributed by atoms with E-state index in [1.54, 1.807) is 0 Å². The zero-order valence-electron chi connectivity index (χ0n) is 14.1. The van der Waals surface area contributed by atoms with Gasteiger partial charge >= 0.3 is 5.97 Å². The van der Waals surface area contributed by atoms with Crippen molar-refractivity contribution < 1.29 is 23.1 Å². The second-order valence-electron chi connectivity index (χ2n) is 6.60. The largest absolute Gasteiger partial charge is 0.480 e. The van der Waals surface area contributed by atoms with Gasteiger partial charge in [0.1, 0.15) is 0 Å². The van der Waals surface area contributed by atoms with Crippen LogP contribution >= 0.6 is 0 Å². The molecule has 1 rings (SSSR count). The Labute approximate surface area is 138 Å².